The molecule has 0 aromatic heterocycles. The molecule has 0 aromatic rings. The summed E-state index contributed by atoms with van der Waals surface area (Å²) in [5.74, 6) is 1.40. The summed E-state index contributed by atoms with van der Waals surface area (Å²) in [6.45, 7) is 9.70. The van der Waals surface area contributed by atoms with Crippen molar-refractivity contribution in [1.82, 2.24) is 0 Å². The quantitative estimate of drug-likeness (QED) is 0.425. The van der Waals surface area contributed by atoms with Crippen molar-refractivity contribution in [2.75, 3.05) is 5.75 Å². The lowest BCUT2D eigenvalue weighted by atomic mass is 10.0. The second-order valence-corrected chi connectivity index (χ2v) is 10.5. The van der Waals surface area contributed by atoms with E-state index in [2.05, 4.69) is 20.4 Å². The van der Waals surface area contributed by atoms with Crippen LogP contribution in [0, 0.1) is 11.8 Å². The Bertz CT molecular complexity index is 367. The number of allylic oxidation sites excluding steroid dienone is 1. The van der Waals surface area contributed by atoms with Crippen molar-refractivity contribution in [3.63, 3.8) is 0 Å². The topological polar surface area (TPSA) is 34.1 Å². The van der Waals surface area contributed by atoms with Gasteiger partial charge < -0.3 is 0 Å². The van der Waals surface area contributed by atoms with E-state index in [1.807, 2.05) is 13.0 Å². The fourth-order valence-corrected chi connectivity index (χ4v) is 10.1. The minimum atomic E-state index is -1.13. The molecule has 0 saturated carbocycles. The zero-order valence-electron chi connectivity index (χ0n) is 10.9. The van der Waals surface area contributed by atoms with Crippen LogP contribution in [0.3, 0.4) is 0 Å². The van der Waals surface area contributed by atoms with Crippen molar-refractivity contribution in [1.29, 1.82) is 0 Å². The van der Waals surface area contributed by atoms with Gasteiger partial charge in [-0.15, -0.1) is 6.58 Å². The standard InChI is InChI=1S/C12H20O2S4/c1-5-7-15-16-11-9(3)10(4)12(18(11)14)17(13)8-6-2/h5-6,8-12H,1,7H2,2-4H3/b8-6+/t9-,10+,11+,12-,17?,18?/m1/s1. The zero-order valence-corrected chi connectivity index (χ0v) is 14.2. The first-order valence-electron chi connectivity index (χ1n) is 5.85. The van der Waals surface area contributed by atoms with E-state index < -0.39 is 21.6 Å². The summed E-state index contributed by atoms with van der Waals surface area (Å²) in [4.78, 5) is 0. The first-order valence-corrected chi connectivity index (χ1v) is 10.8. The highest BCUT2D eigenvalue weighted by Gasteiger charge is 2.47. The molecule has 2 unspecified atom stereocenters. The molecule has 0 N–H and O–H groups in total. The van der Waals surface area contributed by atoms with E-state index in [0.29, 0.717) is 5.92 Å². The van der Waals surface area contributed by atoms with E-state index in [1.165, 1.54) is 0 Å². The molecule has 6 atom stereocenters. The summed E-state index contributed by atoms with van der Waals surface area (Å²) >= 11 is 0. The molecule has 1 aliphatic rings. The molecule has 1 rings (SSSR count). The Morgan fingerprint density at radius 3 is 2.61 bits per heavy atom. The van der Waals surface area contributed by atoms with Crippen molar-refractivity contribution in [2.45, 2.75) is 29.9 Å². The molecule has 104 valence electrons. The van der Waals surface area contributed by atoms with E-state index in [9.17, 15) is 8.42 Å². The van der Waals surface area contributed by atoms with Gasteiger partial charge in [-0.25, -0.2) is 0 Å². The molecule has 0 radical (unpaired) electrons. The molecule has 18 heavy (non-hydrogen) atoms. The van der Waals surface area contributed by atoms with E-state index in [4.69, 9.17) is 0 Å². The fraction of sp³-hybridized carbons (Fsp3) is 0.667. The first kappa shape index (κ1) is 16.5. The minimum Gasteiger partial charge on any atom is -0.257 e. The Labute approximate surface area is 123 Å². The summed E-state index contributed by atoms with van der Waals surface area (Å²) in [5.41, 5.74) is 0. The van der Waals surface area contributed by atoms with E-state index in [0.717, 1.165) is 5.75 Å². The zero-order chi connectivity index (χ0) is 13.7. The highest BCUT2D eigenvalue weighted by Crippen LogP contribution is 2.45. The molecule has 0 aliphatic carbocycles. The Balaban J connectivity index is 2.76. The second-order valence-electron chi connectivity index (χ2n) is 4.25. The average Bonchev–Trinajstić information content (AvgIpc) is 2.53. The molecule has 0 spiro atoms. The molecular formula is C12H20O2S4. The van der Waals surface area contributed by atoms with Gasteiger partial charge in [0, 0.05) is 5.75 Å². The Morgan fingerprint density at radius 2 is 2.06 bits per heavy atom. The van der Waals surface area contributed by atoms with Gasteiger partial charge in [-0.2, -0.15) is 0 Å². The van der Waals surface area contributed by atoms with Gasteiger partial charge in [0.1, 0.15) is 4.58 Å². The van der Waals surface area contributed by atoms with Gasteiger partial charge in [-0.05, 0) is 24.2 Å². The minimum absolute atomic E-state index is 0.0733. The van der Waals surface area contributed by atoms with E-state index in [-0.39, 0.29) is 15.1 Å². The third-order valence-electron chi connectivity index (χ3n) is 2.99. The van der Waals surface area contributed by atoms with Gasteiger partial charge in [0.15, 0.2) is 0 Å². The van der Waals surface area contributed by atoms with Crippen LogP contribution in [-0.2, 0) is 21.6 Å². The number of hydrogen-bond acceptors (Lipinski definition) is 4. The second kappa shape index (κ2) is 7.92. The molecule has 2 nitrogen and oxygen atoms in total. The van der Waals surface area contributed by atoms with E-state index in [1.54, 1.807) is 33.1 Å². The van der Waals surface area contributed by atoms with Crippen molar-refractivity contribution in [3.05, 3.63) is 24.1 Å². The molecule has 1 aliphatic heterocycles. The van der Waals surface area contributed by atoms with Crippen LogP contribution in [0.5, 0.6) is 0 Å². The molecule has 0 amide bonds. The SMILES string of the molecule is C=CCSS[C@@H]1[C@H](C)[C@H](C)[C@H](S(=O)/C=C/C)S1=O. The van der Waals surface area contributed by atoms with Gasteiger partial charge in [0.2, 0.25) is 0 Å². The molecule has 1 fully saturated rings. The number of hydrogen-bond donors (Lipinski definition) is 0. The summed E-state index contributed by atoms with van der Waals surface area (Å²) in [6, 6.07) is 0. The maximum Gasteiger partial charge on any atom is 0.118 e. The normalized spacial score (nSPS) is 38.1. The van der Waals surface area contributed by atoms with Crippen LogP contribution in [0.2, 0.25) is 0 Å². The largest absolute Gasteiger partial charge is 0.257 e. The maximum atomic E-state index is 12.5. The monoisotopic (exact) mass is 324 g/mol. The molecule has 1 saturated heterocycles. The smallest absolute Gasteiger partial charge is 0.118 e. The third kappa shape index (κ3) is 3.74. The molecular weight excluding hydrogens is 304 g/mol. The molecule has 0 bridgehead atoms. The maximum absolute atomic E-state index is 12.5. The van der Waals surface area contributed by atoms with Gasteiger partial charge in [-0.1, -0.05) is 47.6 Å². The van der Waals surface area contributed by atoms with Crippen LogP contribution in [0.25, 0.3) is 0 Å². The van der Waals surface area contributed by atoms with Gasteiger partial charge in [0.25, 0.3) is 0 Å². The highest BCUT2D eigenvalue weighted by molar-refractivity contribution is 8.78. The first-order chi connectivity index (χ1) is 8.54. The van der Waals surface area contributed by atoms with Crippen LogP contribution >= 0.6 is 21.6 Å². The van der Waals surface area contributed by atoms with Gasteiger partial charge >= 0.3 is 0 Å². The number of rotatable bonds is 6. The third-order valence-corrected chi connectivity index (χ3v) is 11.1. The summed E-state index contributed by atoms with van der Waals surface area (Å²) in [6.07, 6.45) is 3.62. The van der Waals surface area contributed by atoms with E-state index >= 15 is 0 Å². The lowest BCUT2D eigenvalue weighted by Crippen LogP contribution is -2.22. The summed E-state index contributed by atoms with van der Waals surface area (Å²) in [7, 11) is 1.17. The van der Waals surface area contributed by atoms with Crippen molar-refractivity contribution in [3.8, 4) is 0 Å². The molecule has 0 aromatic carbocycles. The van der Waals surface area contributed by atoms with Crippen LogP contribution in [0.15, 0.2) is 24.1 Å². The highest BCUT2D eigenvalue weighted by atomic mass is 33.1. The average molecular weight is 325 g/mol. The molecule has 1 heterocycles. The van der Waals surface area contributed by atoms with Crippen LogP contribution in [0.1, 0.15) is 20.8 Å². The van der Waals surface area contributed by atoms with Gasteiger partial charge in [0.05, 0.1) is 26.2 Å². The van der Waals surface area contributed by atoms with Crippen LogP contribution in [-0.4, -0.2) is 23.3 Å². The van der Waals surface area contributed by atoms with Crippen molar-refractivity contribution < 1.29 is 8.42 Å². The predicted molar refractivity (Wildman–Crippen MR) is 87.2 cm³/mol. The Kier molecular flexibility index (Phi) is 7.28. The Morgan fingerprint density at radius 1 is 1.39 bits per heavy atom. The Hall–Kier alpha value is 0.480. The summed E-state index contributed by atoms with van der Waals surface area (Å²) < 4.78 is 24.4. The van der Waals surface area contributed by atoms with Crippen molar-refractivity contribution >= 4 is 43.2 Å². The van der Waals surface area contributed by atoms with Crippen molar-refractivity contribution in [2.24, 2.45) is 11.8 Å². The van der Waals surface area contributed by atoms with Crippen LogP contribution in [0.4, 0.5) is 0 Å². The fourth-order valence-electron chi connectivity index (χ4n) is 1.85. The lowest BCUT2D eigenvalue weighted by molar-refractivity contribution is 0.466. The lowest BCUT2D eigenvalue weighted by Gasteiger charge is -2.15. The van der Waals surface area contributed by atoms with Crippen LogP contribution < -0.4 is 0 Å². The summed E-state index contributed by atoms with van der Waals surface area (Å²) in [5, 5.41) is 1.66. The van der Waals surface area contributed by atoms with Gasteiger partial charge in [-0.3, -0.25) is 8.42 Å². The predicted octanol–water partition coefficient (Wildman–Crippen LogP) is 3.52. The molecule has 6 heteroatoms.